The van der Waals surface area contributed by atoms with E-state index in [4.69, 9.17) is 4.74 Å². The monoisotopic (exact) mass is 448 g/mol. The molecular formula is C23H24N6O4. The Hall–Kier alpha value is -3.79. The summed E-state index contributed by atoms with van der Waals surface area (Å²) in [7, 11) is 0. The molecule has 1 aromatic carbocycles. The van der Waals surface area contributed by atoms with Gasteiger partial charge in [0.2, 0.25) is 5.91 Å². The van der Waals surface area contributed by atoms with Gasteiger partial charge < -0.3 is 15.2 Å². The van der Waals surface area contributed by atoms with Crippen molar-refractivity contribution in [3.63, 3.8) is 0 Å². The summed E-state index contributed by atoms with van der Waals surface area (Å²) in [5.41, 5.74) is 3.18. The average molecular weight is 448 g/mol. The highest BCUT2D eigenvalue weighted by Crippen LogP contribution is 2.40. The van der Waals surface area contributed by atoms with Crippen molar-refractivity contribution in [3.8, 4) is 16.9 Å². The zero-order valence-corrected chi connectivity index (χ0v) is 18.5. The number of rotatable bonds is 5. The zero-order chi connectivity index (χ0) is 23.3. The van der Waals surface area contributed by atoms with Crippen LogP contribution in [0.4, 0.5) is 10.5 Å². The van der Waals surface area contributed by atoms with Crippen molar-refractivity contribution in [2.45, 2.75) is 44.9 Å². The van der Waals surface area contributed by atoms with Gasteiger partial charge in [0.25, 0.3) is 0 Å². The van der Waals surface area contributed by atoms with E-state index in [0.29, 0.717) is 24.5 Å². The number of hydrogen-bond acceptors (Lipinski definition) is 7. The van der Waals surface area contributed by atoms with Crippen LogP contribution in [0, 0.1) is 0 Å². The van der Waals surface area contributed by atoms with E-state index in [-0.39, 0.29) is 24.1 Å². The van der Waals surface area contributed by atoms with Crippen molar-refractivity contribution in [2.24, 2.45) is 0 Å². The van der Waals surface area contributed by atoms with Crippen LogP contribution in [0.15, 0.2) is 42.7 Å². The number of aromatic nitrogens is 4. The van der Waals surface area contributed by atoms with Crippen LogP contribution in [0.5, 0.6) is 0 Å². The maximum absolute atomic E-state index is 12.4. The third-order valence-corrected chi connectivity index (χ3v) is 5.97. The lowest BCUT2D eigenvalue weighted by Gasteiger charge is -2.16. The van der Waals surface area contributed by atoms with E-state index in [1.54, 1.807) is 31.1 Å². The summed E-state index contributed by atoms with van der Waals surface area (Å²) in [6.07, 6.45) is 3.30. The normalized spacial score (nSPS) is 19.3. The molecule has 0 spiro atoms. The van der Waals surface area contributed by atoms with Crippen molar-refractivity contribution in [2.75, 3.05) is 11.4 Å². The highest BCUT2D eigenvalue weighted by Gasteiger charge is 2.47. The van der Waals surface area contributed by atoms with Crippen molar-refractivity contribution in [1.82, 2.24) is 25.3 Å². The van der Waals surface area contributed by atoms with E-state index in [9.17, 15) is 14.7 Å². The first kappa shape index (κ1) is 21.1. The lowest BCUT2D eigenvalue weighted by atomic mass is 10.0. The van der Waals surface area contributed by atoms with Gasteiger partial charge in [0.15, 0.2) is 5.82 Å². The van der Waals surface area contributed by atoms with Crippen LogP contribution >= 0.6 is 0 Å². The maximum Gasteiger partial charge on any atom is 0.415 e. The average Bonchev–Trinajstić information content (AvgIpc) is 3.47. The van der Waals surface area contributed by atoms with Crippen LogP contribution < -0.4 is 10.2 Å². The summed E-state index contributed by atoms with van der Waals surface area (Å²) in [6.45, 7) is 5.04. The third-order valence-electron chi connectivity index (χ3n) is 5.97. The summed E-state index contributed by atoms with van der Waals surface area (Å²) < 4.78 is 6.98. The number of anilines is 1. The van der Waals surface area contributed by atoms with Crippen LogP contribution in [-0.4, -0.2) is 55.8 Å². The molecule has 170 valence electrons. The Kier molecular flexibility index (Phi) is 4.89. The van der Waals surface area contributed by atoms with Crippen molar-refractivity contribution >= 4 is 17.7 Å². The Balaban J connectivity index is 1.36. The summed E-state index contributed by atoms with van der Waals surface area (Å²) in [5, 5.41) is 20.9. The first-order valence-corrected chi connectivity index (χ1v) is 10.7. The lowest BCUT2D eigenvalue weighted by Crippen LogP contribution is -2.40. The predicted molar refractivity (Wildman–Crippen MR) is 119 cm³/mol. The van der Waals surface area contributed by atoms with Gasteiger partial charge in [-0.2, -0.15) is 0 Å². The standard InChI is InChI=1S/C23H24N6O4/c1-13(30)24-11-19-18-9-16-8-14(4-6-17(16)29(18)22(31)33-19)15-5-7-21(25-10-15)28-12-20(26-27-28)23(2,3)32/h4-8,10,12,18-19,32H,9,11H2,1-3H3,(H,24,30)/t18-,19?/m0/s1. The van der Waals surface area contributed by atoms with Gasteiger partial charge in [-0.25, -0.2) is 14.5 Å². The van der Waals surface area contributed by atoms with Crippen molar-refractivity contribution in [1.29, 1.82) is 0 Å². The highest BCUT2D eigenvalue weighted by atomic mass is 16.6. The van der Waals surface area contributed by atoms with Crippen LogP contribution in [0.1, 0.15) is 32.0 Å². The van der Waals surface area contributed by atoms with Crippen LogP contribution in [-0.2, 0) is 21.6 Å². The molecule has 5 rings (SSSR count). The Morgan fingerprint density at radius 3 is 2.73 bits per heavy atom. The molecule has 2 N–H and O–H groups in total. The lowest BCUT2D eigenvalue weighted by molar-refractivity contribution is -0.119. The number of pyridine rings is 1. The van der Waals surface area contributed by atoms with E-state index in [1.165, 1.54) is 11.6 Å². The molecule has 10 nitrogen and oxygen atoms in total. The molecule has 10 heteroatoms. The first-order valence-electron chi connectivity index (χ1n) is 10.7. The molecule has 33 heavy (non-hydrogen) atoms. The number of carbonyl (C=O) groups excluding carboxylic acids is 2. The van der Waals surface area contributed by atoms with Gasteiger partial charge >= 0.3 is 6.09 Å². The predicted octanol–water partition coefficient (Wildman–Crippen LogP) is 1.94. The number of amides is 2. The minimum atomic E-state index is -1.08. The summed E-state index contributed by atoms with van der Waals surface area (Å²) in [6, 6.07) is 9.59. The number of fused-ring (bicyclic) bond motifs is 3. The quantitative estimate of drug-likeness (QED) is 0.612. The topological polar surface area (TPSA) is 122 Å². The van der Waals surface area contributed by atoms with Crippen LogP contribution in [0.2, 0.25) is 0 Å². The third kappa shape index (κ3) is 3.82. The number of hydrogen-bond donors (Lipinski definition) is 2. The van der Waals surface area contributed by atoms with Crippen molar-refractivity contribution < 1.29 is 19.4 Å². The van der Waals surface area contributed by atoms with Gasteiger partial charge in [-0.3, -0.25) is 9.69 Å². The van der Waals surface area contributed by atoms with Gasteiger partial charge in [0.05, 0.1) is 24.5 Å². The molecule has 1 fully saturated rings. The first-order chi connectivity index (χ1) is 15.7. The molecule has 1 unspecified atom stereocenters. The van der Waals surface area contributed by atoms with Crippen LogP contribution in [0.25, 0.3) is 16.9 Å². The second kappa shape index (κ2) is 7.66. The number of aliphatic hydroxyl groups is 1. The smallest absolute Gasteiger partial charge is 0.415 e. The second-order valence-corrected chi connectivity index (χ2v) is 8.86. The van der Waals surface area contributed by atoms with E-state index in [2.05, 4.69) is 26.7 Å². The van der Waals surface area contributed by atoms with Gasteiger partial charge in [-0.15, -0.1) is 5.10 Å². The fourth-order valence-electron chi connectivity index (χ4n) is 4.23. The van der Waals surface area contributed by atoms with Crippen molar-refractivity contribution in [3.05, 3.63) is 54.0 Å². The molecule has 0 bridgehead atoms. The van der Waals surface area contributed by atoms with E-state index in [1.807, 2.05) is 24.3 Å². The number of ether oxygens (including phenoxy) is 1. The number of nitrogens with zero attached hydrogens (tertiary/aromatic N) is 5. The largest absolute Gasteiger partial charge is 0.442 e. The second-order valence-electron chi connectivity index (χ2n) is 8.86. The molecule has 4 heterocycles. The zero-order valence-electron chi connectivity index (χ0n) is 18.5. The summed E-state index contributed by atoms with van der Waals surface area (Å²) >= 11 is 0. The van der Waals surface area contributed by atoms with E-state index < -0.39 is 5.60 Å². The van der Waals surface area contributed by atoms with Gasteiger partial charge in [-0.05, 0) is 55.7 Å². The maximum atomic E-state index is 12.4. The van der Waals surface area contributed by atoms with E-state index >= 15 is 0 Å². The molecule has 0 radical (unpaired) electrons. The number of nitrogens with one attached hydrogen (secondary N) is 1. The SMILES string of the molecule is CC(=O)NCC1OC(=O)N2c3ccc(-c4ccc(-n5cc(C(C)(C)O)nn5)nc4)cc3C[C@@H]12. The Bertz CT molecular complexity index is 1230. The number of benzene rings is 1. The molecule has 2 aromatic heterocycles. The van der Waals surface area contributed by atoms with Gasteiger partial charge in [0.1, 0.15) is 17.4 Å². The molecule has 3 aromatic rings. The summed E-state index contributed by atoms with van der Waals surface area (Å²) in [4.78, 5) is 29.8. The molecule has 2 aliphatic heterocycles. The minimum Gasteiger partial charge on any atom is -0.442 e. The highest BCUT2D eigenvalue weighted by molar-refractivity contribution is 5.94. The Morgan fingerprint density at radius 2 is 2.06 bits per heavy atom. The molecular weight excluding hydrogens is 424 g/mol. The molecule has 2 amide bonds. The fraction of sp³-hybridized carbons (Fsp3) is 0.348. The van der Waals surface area contributed by atoms with Crippen LogP contribution in [0.3, 0.4) is 0 Å². The molecule has 0 aliphatic carbocycles. The number of carbonyl (C=O) groups is 2. The molecule has 1 saturated heterocycles. The Morgan fingerprint density at radius 1 is 1.27 bits per heavy atom. The molecule has 0 saturated carbocycles. The fourth-order valence-corrected chi connectivity index (χ4v) is 4.23. The van der Waals surface area contributed by atoms with Gasteiger partial charge in [-0.1, -0.05) is 11.3 Å². The molecule has 2 aliphatic rings. The molecule has 2 atom stereocenters. The minimum absolute atomic E-state index is 0.132. The van der Waals surface area contributed by atoms with Gasteiger partial charge in [0, 0.05) is 18.7 Å². The van der Waals surface area contributed by atoms with E-state index in [0.717, 1.165) is 22.4 Å². The Labute approximate surface area is 190 Å². The number of cyclic esters (lactones) is 1. The summed E-state index contributed by atoms with van der Waals surface area (Å²) in [5.74, 6) is 0.438.